The van der Waals surface area contributed by atoms with Crippen molar-refractivity contribution in [3.8, 4) is 5.75 Å². The van der Waals surface area contributed by atoms with Crippen molar-refractivity contribution < 1.29 is 9.90 Å². The van der Waals surface area contributed by atoms with Crippen LogP contribution in [-0.2, 0) is 0 Å². The van der Waals surface area contributed by atoms with E-state index in [1.165, 1.54) is 6.42 Å². The van der Waals surface area contributed by atoms with Crippen LogP contribution in [0.1, 0.15) is 34.3 Å². The van der Waals surface area contributed by atoms with Gasteiger partial charge in [-0.1, -0.05) is 6.07 Å². The third-order valence-electron chi connectivity index (χ3n) is 4.90. The van der Waals surface area contributed by atoms with Crippen molar-refractivity contribution in [2.75, 3.05) is 26.7 Å². The molecule has 4 nitrogen and oxygen atoms in total. The molecule has 2 saturated heterocycles. The Morgan fingerprint density at radius 2 is 2.05 bits per heavy atom. The lowest BCUT2D eigenvalue weighted by molar-refractivity contribution is 0.0568. The third kappa shape index (κ3) is 2.53. The minimum Gasteiger partial charge on any atom is -0.507 e. The van der Waals surface area contributed by atoms with Crippen LogP contribution in [0.15, 0.2) is 12.1 Å². The van der Waals surface area contributed by atoms with E-state index in [1.54, 1.807) is 0 Å². The van der Waals surface area contributed by atoms with Crippen LogP contribution in [0.25, 0.3) is 0 Å². The summed E-state index contributed by atoms with van der Waals surface area (Å²) in [5.41, 5.74) is 2.25. The highest BCUT2D eigenvalue weighted by molar-refractivity contribution is 5.97. The van der Waals surface area contributed by atoms with Crippen LogP contribution in [0.3, 0.4) is 0 Å². The summed E-state index contributed by atoms with van der Waals surface area (Å²) in [6.07, 6.45) is 2.27. The molecule has 0 aromatic heterocycles. The summed E-state index contributed by atoms with van der Waals surface area (Å²) in [4.78, 5) is 17.2. The van der Waals surface area contributed by atoms with E-state index in [1.807, 2.05) is 30.9 Å². The van der Waals surface area contributed by atoms with Gasteiger partial charge in [-0.3, -0.25) is 4.79 Å². The molecular weight excluding hydrogens is 264 g/mol. The Morgan fingerprint density at radius 1 is 1.29 bits per heavy atom. The molecule has 1 amide bonds. The number of hydrogen-bond donors (Lipinski definition) is 1. The summed E-state index contributed by atoms with van der Waals surface area (Å²) < 4.78 is 0. The number of phenolic OH excluding ortho intramolecular Hbond substituents is 1. The highest BCUT2D eigenvalue weighted by Gasteiger charge is 2.40. The molecule has 1 N–H and O–H groups in total. The number of likely N-dealkylation sites (tertiary alicyclic amines) is 2. The number of benzene rings is 1. The van der Waals surface area contributed by atoms with Crippen molar-refractivity contribution in [1.82, 2.24) is 9.80 Å². The fourth-order valence-electron chi connectivity index (χ4n) is 3.92. The van der Waals surface area contributed by atoms with Gasteiger partial charge in [0, 0.05) is 25.7 Å². The normalized spacial score (nSPS) is 26.0. The van der Waals surface area contributed by atoms with E-state index in [2.05, 4.69) is 11.9 Å². The van der Waals surface area contributed by atoms with Gasteiger partial charge >= 0.3 is 0 Å². The number of fused-ring (bicyclic) bond motifs is 1. The van der Waals surface area contributed by atoms with Crippen LogP contribution in [0.5, 0.6) is 5.75 Å². The molecular formula is C17H24N2O2. The van der Waals surface area contributed by atoms with Crippen molar-refractivity contribution in [3.05, 3.63) is 28.8 Å². The van der Waals surface area contributed by atoms with Crippen molar-refractivity contribution in [1.29, 1.82) is 0 Å². The van der Waals surface area contributed by atoms with E-state index < -0.39 is 0 Å². The zero-order valence-corrected chi connectivity index (χ0v) is 13.1. The number of hydrogen-bond acceptors (Lipinski definition) is 3. The maximum atomic E-state index is 12.9. The Bertz CT molecular complexity index is 570. The molecule has 4 heteroatoms. The van der Waals surface area contributed by atoms with Gasteiger partial charge < -0.3 is 14.9 Å². The topological polar surface area (TPSA) is 43.8 Å². The molecule has 0 saturated carbocycles. The molecule has 0 bridgehead atoms. The van der Waals surface area contributed by atoms with Gasteiger partial charge in [-0.05, 0) is 56.8 Å². The fraction of sp³-hybridized carbons (Fsp3) is 0.588. The number of phenols is 1. The maximum Gasteiger partial charge on any atom is 0.257 e. The number of amides is 1. The number of aromatic hydroxyl groups is 1. The first-order chi connectivity index (χ1) is 9.97. The smallest absolute Gasteiger partial charge is 0.257 e. The summed E-state index contributed by atoms with van der Waals surface area (Å²) in [6, 6.07) is 4.03. The Morgan fingerprint density at radius 3 is 2.81 bits per heavy atom. The van der Waals surface area contributed by atoms with Crippen LogP contribution in [-0.4, -0.2) is 53.5 Å². The standard InChI is InChI=1S/C17H24N2O2/c1-11-7-12(2)16(20)14(8-11)17(21)19-6-4-5-13-9-18(3)10-15(13)19/h7-8,13,15,20H,4-6,9-10H2,1-3H3/t13-,15+/m0/s1. The molecule has 3 rings (SSSR count). The van der Waals surface area contributed by atoms with E-state index in [0.29, 0.717) is 17.5 Å². The highest BCUT2D eigenvalue weighted by Crippen LogP contribution is 2.33. The number of carbonyl (C=O) groups excluding carboxylic acids is 1. The second kappa shape index (κ2) is 5.34. The number of piperidine rings is 1. The quantitative estimate of drug-likeness (QED) is 0.861. The van der Waals surface area contributed by atoms with Gasteiger partial charge in [0.2, 0.25) is 0 Å². The summed E-state index contributed by atoms with van der Waals surface area (Å²) in [7, 11) is 2.12. The van der Waals surface area contributed by atoms with E-state index >= 15 is 0 Å². The fourth-order valence-corrected chi connectivity index (χ4v) is 3.92. The highest BCUT2D eigenvalue weighted by atomic mass is 16.3. The van der Waals surface area contributed by atoms with Gasteiger partial charge in [0.05, 0.1) is 5.56 Å². The summed E-state index contributed by atoms with van der Waals surface area (Å²) in [5.74, 6) is 0.712. The molecule has 1 aromatic rings. The first-order valence-electron chi connectivity index (χ1n) is 7.77. The Labute approximate surface area is 126 Å². The maximum absolute atomic E-state index is 12.9. The molecule has 0 unspecified atom stereocenters. The number of rotatable bonds is 1. The minimum absolute atomic E-state index is 0.00991. The largest absolute Gasteiger partial charge is 0.507 e. The lowest BCUT2D eigenvalue weighted by Gasteiger charge is -2.37. The van der Waals surface area contributed by atoms with E-state index in [0.717, 1.165) is 37.2 Å². The van der Waals surface area contributed by atoms with Gasteiger partial charge in [-0.15, -0.1) is 0 Å². The zero-order chi connectivity index (χ0) is 15.1. The summed E-state index contributed by atoms with van der Waals surface area (Å²) in [6.45, 7) is 6.64. The predicted molar refractivity (Wildman–Crippen MR) is 82.6 cm³/mol. The average Bonchev–Trinajstić information content (AvgIpc) is 2.82. The molecule has 2 atom stereocenters. The molecule has 2 aliphatic rings. The Hall–Kier alpha value is -1.55. The molecule has 21 heavy (non-hydrogen) atoms. The molecule has 0 aliphatic carbocycles. The van der Waals surface area contributed by atoms with Crippen molar-refractivity contribution in [2.24, 2.45) is 5.92 Å². The second-order valence-electron chi connectivity index (χ2n) is 6.67. The zero-order valence-electron chi connectivity index (χ0n) is 13.1. The van der Waals surface area contributed by atoms with Gasteiger partial charge in [-0.2, -0.15) is 0 Å². The molecule has 1 aromatic carbocycles. The molecule has 2 heterocycles. The monoisotopic (exact) mass is 288 g/mol. The second-order valence-corrected chi connectivity index (χ2v) is 6.67. The molecule has 2 fully saturated rings. The predicted octanol–water partition coefficient (Wildman–Crippen LogP) is 2.18. The van der Waals surface area contributed by atoms with Crippen LogP contribution < -0.4 is 0 Å². The van der Waals surface area contributed by atoms with Crippen LogP contribution >= 0.6 is 0 Å². The van der Waals surface area contributed by atoms with Crippen LogP contribution in [0.4, 0.5) is 0 Å². The van der Waals surface area contributed by atoms with Crippen LogP contribution in [0.2, 0.25) is 0 Å². The summed E-state index contributed by atoms with van der Waals surface area (Å²) >= 11 is 0. The van der Waals surface area contributed by atoms with E-state index in [9.17, 15) is 9.90 Å². The van der Waals surface area contributed by atoms with E-state index in [4.69, 9.17) is 0 Å². The molecule has 114 valence electrons. The first-order valence-corrected chi connectivity index (χ1v) is 7.77. The third-order valence-corrected chi connectivity index (χ3v) is 4.90. The molecule has 2 aliphatic heterocycles. The van der Waals surface area contributed by atoms with Crippen molar-refractivity contribution in [2.45, 2.75) is 32.7 Å². The number of carbonyl (C=O) groups is 1. The lowest BCUT2D eigenvalue weighted by atomic mass is 9.91. The van der Waals surface area contributed by atoms with Gasteiger partial charge in [0.15, 0.2) is 0 Å². The lowest BCUT2D eigenvalue weighted by Crippen LogP contribution is -2.48. The van der Waals surface area contributed by atoms with Gasteiger partial charge in [0.1, 0.15) is 5.75 Å². The van der Waals surface area contributed by atoms with E-state index in [-0.39, 0.29) is 11.7 Å². The number of likely N-dealkylation sites (N-methyl/N-ethyl adjacent to an activating group) is 1. The van der Waals surface area contributed by atoms with Gasteiger partial charge in [0.25, 0.3) is 5.91 Å². The Kier molecular flexibility index (Phi) is 3.66. The minimum atomic E-state index is -0.00991. The summed E-state index contributed by atoms with van der Waals surface area (Å²) in [5, 5.41) is 10.3. The Balaban J connectivity index is 1.91. The SMILES string of the molecule is Cc1cc(C)c(O)c(C(=O)N2CCC[C@H]3CN(C)C[C@H]32)c1. The van der Waals surface area contributed by atoms with Crippen molar-refractivity contribution >= 4 is 5.91 Å². The van der Waals surface area contributed by atoms with Crippen molar-refractivity contribution in [3.63, 3.8) is 0 Å². The first kappa shape index (κ1) is 14.4. The number of aryl methyl sites for hydroxylation is 2. The van der Waals surface area contributed by atoms with Gasteiger partial charge in [-0.25, -0.2) is 0 Å². The average molecular weight is 288 g/mol. The number of nitrogens with zero attached hydrogens (tertiary/aromatic N) is 2. The molecule has 0 radical (unpaired) electrons. The molecule has 0 spiro atoms. The van der Waals surface area contributed by atoms with Crippen LogP contribution in [0, 0.1) is 19.8 Å².